The molecule has 0 aromatic heterocycles. The van der Waals surface area contributed by atoms with Crippen LogP contribution >= 0.6 is 0 Å². The summed E-state index contributed by atoms with van der Waals surface area (Å²) in [5.74, 6) is 0.846. The van der Waals surface area contributed by atoms with Crippen LogP contribution in [0.3, 0.4) is 0 Å². The number of hydrogen-bond donors (Lipinski definition) is 1. The number of carbonyl (C=O) groups is 2. The van der Waals surface area contributed by atoms with Crippen molar-refractivity contribution < 1.29 is 14.3 Å². The molecule has 1 heterocycles. The molecule has 1 aromatic rings. The van der Waals surface area contributed by atoms with E-state index >= 15 is 0 Å². The van der Waals surface area contributed by atoms with E-state index < -0.39 is 0 Å². The number of hydrogen-bond acceptors (Lipinski definition) is 3. The summed E-state index contributed by atoms with van der Waals surface area (Å²) >= 11 is 0. The van der Waals surface area contributed by atoms with Gasteiger partial charge in [0.25, 0.3) is 0 Å². The van der Waals surface area contributed by atoms with Crippen LogP contribution in [0.15, 0.2) is 18.2 Å². The maximum absolute atomic E-state index is 12.8. The standard InChI is InChI=1S/C21H31N3O3/c1-16-8-9-19(27-2)17(14-16)15-20(25)23-10-5-11-24(13-12-23)21(26)22-18-6-3-4-7-18/h8-9,14,18H,3-7,10-13,15H2,1-2H3,(H,22,26). The van der Waals surface area contributed by atoms with Crippen LogP contribution in [0, 0.1) is 6.92 Å². The molecule has 0 radical (unpaired) electrons. The van der Waals surface area contributed by atoms with Crippen LogP contribution in [0.5, 0.6) is 5.75 Å². The molecule has 1 saturated heterocycles. The second-order valence-electron chi connectivity index (χ2n) is 7.64. The van der Waals surface area contributed by atoms with Crippen molar-refractivity contribution in [1.82, 2.24) is 15.1 Å². The third-order valence-electron chi connectivity index (χ3n) is 5.60. The Morgan fingerprint density at radius 2 is 1.78 bits per heavy atom. The van der Waals surface area contributed by atoms with E-state index in [9.17, 15) is 9.59 Å². The molecule has 2 aliphatic rings. The average molecular weight is 373 g/mol. The highest BCUT2D eigenvalue weighted by Crippen LogP contribution is 2.21. The summed E-state index contributed by atoms with van der Waals surface area (Å²) in [7, 11) is 1.63. The summed E-state index contributed by atoms with van der Waals surface area (Å²) < 4.78 is 5.39. The Labute approximate surface area is 161 Å². The minimum atomic E-state index is 0.0246. The summed E-state index contributed by atoms with van der Waals surface area (Å²) in [6, 6.07) is 6.26. The van der Waals surface area contributed by atoms with Crippen LogP contribution in [-0.2, 0) is 11.2 Å². The van der Waals surface area contributed by atoms with Gasteiger partial charge in [-0.25, -0.2) is 4.79 Å². The summed E-state index contributed by atoms with van der Waals surface area (Å²) in [6.45, 7) is 4.59. The molecular formula is C21H31N3O3. The van der Waals surface area contributed by atoms with Gasteiger partial charge in [0.1, 0.15) is 5.75 Å². The fourth-order valence-electron chi connectivity index (χ4n) is 4.03. The molecule has 1 aliphatic heterocycles. The van der Waals surface area contributed by atoms with Crippen LogP contribution in [-0.4, -0.2) is 61.1 Å². The molecule has 27 heavy (non-hydrogen) atoms. The molecule has 6 nitrogen and oxygen atoms in total. The Hall–Kier alpha value is -2.24. The molecule has 6 heteroatoms. The van der Waals surface area contributed by atoms with Crippen molar-refractivity contribution in [3.8, 4) is 5.75 Å². The number of ether oxygens (including phenoxy) is 1. The number of amides is 3. The highest BCUT2D eigenvalue weighted by molar-refractivity contribution is 5.80. The van der Waals surface area contributed by atoms with Gasteiger partial charge in [-0.05, 0) is 32.3 Å². The van der Waals surface area contributed by atoms with E-state index in [1.807, 2.05) is 34.9 Å². The van der Waals surface area contributed by atoms with Crippen molar-refractivity contribution in [3.63, 3.8) is 0 Å². The number of benzene rings is 1. The zero-order valence-electron chi connectivity index (χ0n) is 16.5. The second-order valence-corrected chi connectivity index (χ2v) is 7.64. The van der Waals surface area contributed by atoms with E-state index in [2.05, 4.69) is 5.32 Å². The minimum absolute atomic E-state index is 0.0246. The number of rotatable bonds is 4. The summed E-state index contributed by atoms with van der Waals surface area (Å²) in [4.78, 5) is 29.0. The van der Waals surface area contributed by atoms with Crippen molar-refractivity contribution in [3.05, 3.63) is 29.3 Å². The Balaban J connectivity index is 1.55. The van der Waals surface area contributed by atoms with Crippen molar-refractivity contribution in [2.45, 2.75) is 51.5 Å². The lowest BCUT2D eigenvalue weighted by molar-refractivity contribution is -0.130. The van der Waals surface area contributed by atoms with Gasteiger partial charge in [0.05, 0.1) is 13.5 Å². The SMILES string of the molecule is COc1ccc(C)cc1CC(=O)N1CCCN(C(=O)NC2CCCC2)CC1. The second kappa shape index (κ2) is 9.11. The fraction of sp³-hybridized carbons (Fsp3) is 0.619. The summed E-state index contributed by atoms with van der Waals surface area (Å²) in [6.07, 6.45) is 5.73. The lowest BCUT2D eigenvalue weighted by Gasteiger charge is -2.24. The van der Waals surface area contributed by atoms with Crippen molar-refractivity contribution in [2.75, 3.05) is 33.3 Å². The molecule has 2 fully saturated rings. The molecule has 0 atom stereocenters. The van der Waals surface area contributed by atoms with Gasteiger partial charge < -0.3 is 19.9 Å². The van der Waals surface area contributed by atoms with Crippen molar-refractivity contribution in [2.24, 2.45) is 0 Å². The van der Waals surface area contributed by atoms with Crippen molar-refractivity contribution in [1.29, 1.82) is 0 Å². The molecule has 3 amide bonds. The predicted molar refractivity (Wildman–Crippen MR) is 105 cm³/mol. The molecule has 3 rings (SSSR count). The Bertz CT molecular complexity index is 671. The van der Waals surface area contributed by atoms with Gasteiger partial charge in [0.15, 0.2) is 0 Å². The topological polar surface area (TPSA) is 61.9 Å². The molecule has 0 spiro atoms. The van der Waals surface area contributed by atoms with Gasteiger partial charge in [0, 0.05) is 37.8 Å². The number of carbonyl (C=O) groups excluding carboxylic acids is 2. The summed E-state index contributed by atoms with van der Waals surface area (Å²) in [5.41, 5.74) is 2.03. The van der Waals surface area contributed by atoms with E-state index in [0.717, 1.165) is 36.1 Å². The molecule has 148 valence electrons. The predicted octanol–water partition coefficient (Wildman–Crippen LogP) is 2.73. The largest absolute Gasteiger partial charge is 0.496 e. The zero-order valence-corrected chi connectivity index (χ0v) is 16.5. The van der Waals surface area contributed by atoms with Gasteiger partial charge >= 0.3 is 6.03 Å². The van der Waals surface area contributed by atoms with E-state index in [0.29, 0.717) is 38.6 Å². The third kappa shape index (κ3) is 5.15. The minimum Gasteiger partial charge on any atom is -0.496 e. The van der Waals surface area contributed by atoms with Gasteiger partial charge in [-0.15, -0.1) is 0 Å². The molecule has 0 bridgehead atoms. The zero-order chi connectivity index (χ0) is 19.2. The number of urea groups is 1. The van der Waals surface area contributed by atoms with E-state index in [4.69, 9.17) is 4.74 Å². The van der Waals surface area contributed by atoms with Gasteiger partial charge in [-0.3, -0.25) is 4.79 Å². The molecule has 1 saturated carbocycles. The van der Waals surface area contributed by atoms with Gasteiger partial charge in [-0.1, -0.05) is 30.5 Å². The fourth-order valence-corrected chi connectivity index (χ4v) is 4.03. The van der Waals surface area contributed by atoms with Crippen LogP contribution < -0.4 is 10.1 Å². The Kier molecular flexibility index (Phi) is 6.58. The van der Waals surface area contributed by atoms with Gasteiger partial charge in [0.2, 0.25) is 5.91 Å². The van der Waals surface area contributed by atoms with Crippen molar-refractivity contribution >= 4 is 11.9 Å². The van der Waals surface area contributed by atoms with E-state index in [1.54, 1.807) is 7.11 Å². The highest BCUT2D eigenvalue weighted by atomic mass is 16.5. The number of nitrogens with zero attached hydrogens (tertiary/aromatic N) is 2. The van der Waals surface area contributed by atoms with E-state index in [1.165, 1.54) is 12.8 Å². The van der Waals surface area contributed by atoms with Gasteiger partial charge in [-0.2, -0.15) is 0 Å². The Morgan fingerprint density at radius 1 is 1.07 bits per heavy atom. The highest BCUT2D eigenvalue weighted by Gasteiger charge is 2.25. The normalized spacial score (nSPS) is 18.3. The summed E-state index contributed by atoms with van der Waals surface area (Å²) in [5, 5.41) is 3.15. The third-order valence-corrected chi connectivity index (χ3v) is 5.60. The Morgan fingerprint density at radius 3 is 2.52 bits per heavy atom. The quantitative estimate of drug-likeness (QED) is 0.883. The number of methoxy groups -OCH3 is 1. The maximum atomic E-state index is 12.8. The monoisotopic (exact) mass is 373 g/mol. The lowest BCUT2D eigenvalue weighted by atomic mass is 10.1. The van der Waals surface area contributed by atoms with Crippen LogP contribution in [0.2, 0.25) is 0 Å². The first-order valence-electron chi connectivity index (χ1n) is 10.0. The number of nitrogens with one attached hydrogen (secondary N) is 1. The first kappa shape index (κ1) is 19.5. The average Bonchev–Trinajstić information content (AvgIpc) is 3.02. The molecule has 1 N–H and O–H groups in total. The molecule has 0 unspecified atom stereocenters. The first-order chi connectivity index (χ1) is 13.1. The van der Waals surface area contributed by atoms with Crippen LogP contribution in [0.1, 0.15) is 43.2 Å². The lowest BCUT2D eigenvalue weighted by Crippen LogP contribution is -2.45. The first-order valence-corrected chi connectivity index (χ1v) is 10.0. The molecule has 1 aliphatic carbocycles. The smallest absolute Gasteiger partial charge is 0.317 e. The van der Waals surface area contributed by atoms with Crippen LogP contribution in [0.25, 0.3) is 0 Å². The maximum Gasteiger partial charge on any atom is 0.317 e. The van der Waals surface area contributed by atoms with E-state index in [-0.39, 0.29) is 11.9 Å². The molecule has 1 aromatic carbocycles. The molecular weight excluding hydrogens is 342 g/mol. The van der Waals surface area contributed by atoms with Crippen LogP contribution in [0.4, 0.5) is 4.79 Å². The number of aryl methyl sites for hydroxylation is 1.